The highest BCUT2D eigenvalue weighted by Crippen LogP contribution is 2.28. The summed E-state index contributed by atoms with van der Waals surface area (Å²) in [5.41, 5.74) is -2.44. The van der Waals surface area contributed by atoms with Gasteiger partial charge in [-0.05, 0) is 29.4 Å². The number of benzene rings is 1. The average molecular weight is 356 g/mol. The van der Waals surface area contributed by atoms with Crippen LogP contribution in [0.5, 0.6) is 0 Å². The molecule has 0 bridgehead atoms. The summed E-state index contributed by atoms with van der Waals surface area (Å²) in [6.45, 7) is -3.36. The number of alkyl halides is 3. The maximum absolute atomic E-state index is 13.2. The molecule has 0 saturated carbocycles. The molecule has 0 atom stereocenters. The minimum absolute atomic E-state index is 0.0763. The van der Waals surface area contributed by atoms with Crippen LogP contribution in [0.15, 0.2) is 28.4 Å². The number of esters is 1. The van der Waals surface area contributed by atoms with Crippen molar-refractivity contribution >= 4 is 28.9 Å². The van der Waals surface area contributed by atoms with E-state index in [0.29, 0.717) is 5.52 Å². The summed E-state index contributed by atoms with van der Waals surface area (Å²) in [5, 5.41) is 7.26. The van der Waals surface area contributed by atoms with Crippen LogP contribution < -0.4 is 0 Å². The van der Waals surface area contributed by atoms with E-state index in [2.05, 4.69) is 14.9 Å². The lowest BCUT2D eigenvalue weighted by molar-refractivity contribution is -0.142. The van der Waals surface area contributed by atoms with Gasteiger partial charge < -0.3 is 4.74 Å². The highest BCUT2D eigenvalue weighted by atomic mass is 19.1. The second kappa shape index (κ2) is 7.91. The lowest BCUT2D eigenvalue weighted by Gasteiger charge is -2.23. The molecule has 1 aromatic carbocycles. The van der Waals surface area contributed by atoms with E-state index < -0.39 is 42.8 Å². The Kier molecular flexibility index (Phi) is 5.89. The third-order valence-electron chi connectivity index (χ3n) is 3.61. The van der Waals surface area contributed by atoms with E-state index in [4.69, 9.17) is 4.74 Å². The number of hydrogen-bond donors (Lipinski definition) is 0. The molecule has 1 aromatic heterocycles. The summed E-state index contributed by atoms with van der Waals surface area (Å²) in [6, 6.07) is 4.61. The summed E-state index contributed by atoms with van der Waals surface area (Å²) in [7, 11) is 0. The van der Waals surface area contributed by atoms with Gasteiger partial charge in [-0.3, -0.25) is 4.79 Å². The zero-order valence-electron chi connectivity index (χ0n) is 13.3. The fourth-order valence-electron chi connectivity index (χ4n) is 2.10. The Morgan fingerprint density at radius 1 is 1.20 bits per heavy atom. The molecule has 0 saturated heterocycles. The summed E-state index contributed by atoms with van der Waals surface area (Å²) >= 11 is 0. The average Bonchev–Trinajstić information content (AvgIpc) is 3.11. The molecule has 0 amide bonds. The second-order valence-corrected chi connectivity index (χ2v) is 5.27. The van der Waals surface area contributed by atoms with E-state index in [9.17, 15) is 22.8 Å². The van der Waals surface area contributed by atoms with Gasteiger partial charge in [-0.25, -0.2) is 22.6 Å². The number of ketones is 1. The number of nitrogens with zero attached hydrogens (tertiary/aromatic N) is 2. The molecule has 0 aliphatic rings. The van der Waals surface area contributed by atoms with E-state index in [0.717, 1.165) is 6.08 Å². The monoisotopic (exact) mass is 356 g/mol. The minimum atomic E-state index is -2.57. The highest BCUT2D eigenvalue weighted by molar-refractivity contribution is 6.23. The van der Waals surface area contributed by atoms with E-state index in [1.54, 1.807) is 12.1 Å². The first-order valence-electron chi connectivity index (χ1n) is 7.35. The van der Waals surface area contributed by atoms with Crippen molar-refractivity contribution in [2.75, 3.05) is 26.6 Å². The van der Waals surface area contributed by atoms with Crippen molar-refractivity contribution in [2.45, 2.75) is 6.92 Å². The van der Waals surface area contributed by atoms with Crippen molar-refractivity contribution in [1.29, 1.82) is 0 Å². The lowest BCUT2D eigenvalue weighted by Crippen LogP contribution is -2.40. The molecule has 0 fully saturated rings. The Bertz CT molecular complexity index is 791. The van der Waals surface area contributed by atoms with E-state index >= 15 is 0 Å². The van der Waals surface area contributed by atoms with Crippen LogP contribution in [0.3, 0.4) is 0 Å². The molecule has 6 nitrogen and oxygen atoms in total. The number of carbonyl (C=O) groups excluding carboxylic acids is 2. The molecule has 0 spiro atoms. The van der Waals surface area contributed by atoms with E-state index in [1.165, 1.54) is 13.0 Å². The molecular formula is C16H15F3N2O4. The topological polar surface area (TPSA) is 82.3 Å². The van der Waals surface area contributed by atoms with E-state index in [-0.39, 0.29) is 17.7 Å². The van der Waals surface area contributed by atoms with Crippen LogP contribution in [0.2, 0.25) is 0 Å². The summed E-state index contributed by atoms with van der Waals surface area (Å²) < 4.78 is 48.9. The Morgan fingerprint density at radius 3 is 2.48 bits per heavy atom. The lowest BCUT2D eigenvalue weighted by atomic mass is 9.83. The number of rotatable bonds is 8. The number of aromatic nitrogens is 2. The molecule has 9 heteroatoms. The van der Waals surface area contributed by atoms with Gasteiger partial charge in [-0.1, -0.05) is 12.1 Å². The SMILES string of the molecule is CCOC(=O)C(=Cc1cccc2nonc12)C(=O)C(CF)(CF)CF. The third-order valence-corrected chi connectivity index (χ3v) is 3.61. The molecule has 0 aliphatic carbocycles. The second-order valence-electron chi connectivity index (χ2n) is 5.27. The first-order valence-corrected chi connectivity index (χ1v) is 7.35. The predicted molar refractivity (Wildman–Crippen MR) is 81.8 cm³/mol. The first-order chi connectivity index (χ1) is 12.0. The predicted octanol–water partition coefficient (Wildman–Crippen LogP) is 2.63. The number of fused-ring (bicyclic) bond motifs is 1. The molecule has 25 heavy (non-hydrogen) atoms. The molecule has 1 heterocycles. The first kappa shape index (κ1) is 18.6. The van der Waals surface area contributed by atoms with Crippen molar-refractivity contribution in [2.24, 2.45) is 5.41 Å². The van der Waals surface area contributed by atoms with Gasteiger partial charge in [-0.2, -0.15) is 0 Å². The molecule has 0 unspecified atom stereocenters. The van der Waals surface area contributed by atoms with Crippen LogP contribution in [0.1, 0.15) is 12.5 Å². The Balaban J connectivity index is 2.58. The zero-order valence-corrected chi connectivity index (χ0v) is 13.3. The number of Topliss-reactive ketones (excluding diaryl/α,β-unsaturated/α-hetero) is 1. The molecular weight excluding hydrogens is 341 g/mol. The van der Waals surface area contributed by atoms with Crippen LogP contribution in [0.4, 0.5) is 13.2 Å². The fourth-order valence-corrected chi connectivity index (χ4v) is 2.10. The smallest absolute Gasteiger partial charge is 0.341 e. The fraction of sp³-hybridized carbons (Fsp3) is 0.375. The van der Waals surface area contributed by atoms with Crippen molar-refractivity contribution < 1.29 is 32.1 Å². The largest absolute Gasteiger partial charge is 0.462 e. The van der Waals surface area contributed by atoms with Gasteiger partial charge in [-0.15, -0.1) is 0 Å². The molecule has 2 rings (SSSR count). The number of halogens is 3. The van der Waals surface area contributed by atoms with Crippen LogP contribution >= 0.6 is 0 Å². The van der Waals surface area contributed by atoms with Crippen LogP contribution in [0, 0.1) is 5.41 Å². The van der Waals surface area contributed by atoms with Gasteiger partial charge in [0.25, 0.3) is 0 Å². The van der Waals surface area contributed by atoms with Gasteiger partial charge >= 0.3 is 5.97 Å². The number of hydrogen-bond acceptors (Lipinski definition) is 6. The Labute approximate surface area is 140 Å². The van der Waals surface area contributed by atoms with Gasteiger partial charge in [0.2, 0.25) is 0 Å². The molecule has 134 valence electrons. The standard InChI is InChI=1S/C16H15F3N2O4/c1-2-24-15(23)11(14(22)16(7-17,8-18)9-19)6-10-4-3-5-12-13(10)21-25-20-12/h3-6H,2,7-9H2,1H3. The summed E-state index contributed by atoms with van der Waals surface area (Å²) in [4.78, 5) is 24.6. The molecule has 2 aromatic rings. The maximum atomic E-state index is 13.2. The quantitative estimate of drug-likeness (QED) is 0.313. The Morgan fingerprint density at radius 2 is 1.88 bits per heavy atom. The summed E-state index contributed by atoms with van der Waals surface area (Å²) in [6.07, 6.45) is 1.04. The molecule has 0 aliphatic heterocycles. The van der Waals surface area contributed by atoms with Crippen molar-refractivity contribution in [3.05, 3.63) is 29.3 Å². The van der Waals surface area contributed by atoms with Crippen LogP contribution in [-0.2, 0) is 14.3 Å². The van der Waals surface area contributed by atoms with E-state index in [1.807, 2.05) is 0 Å². The van der Waals surface area contributed by atoms with Gasteiger partial charge in [0.05, 0.1) is 6.61 Å². The highest BCUT2D eigenvalue weighted by Gasteiger charge is 2.43. The number of ether oxygens (including phenoxy) is 1. The Hall–Kier alpha value is -2.71. The number of carbonyl (C=O) groups is 2. The third kappa shape index (κ3) is 3.54. The van der Waals surface area contributed by atoms with Crippen molar-refractivity contribution in [1.82, 2.24) is 10.3 Å². The van der Waals surface area contributed by atoms with Gasteiger partial charge in [0.15, 0.2) is 5.78 Å². The van der Waals surface area contributed by atoms with Gasteiger partial charge in [0, 0.05) is 5.56 Å². The van der Waals surface area contributed by atoms with Crippen molar-refractivity contribution in [3.63, 3.8) is 0 Å². The van der Waals surface area contributed by atoms with Crippen LogP contribution in [-0.4, -0.2) is 48.7 Å². The van der Waals surface area contributed by atoms with Crippen LogP contribution in [0.25, 0.3) is 17.1 Å². The normalized spacial score (nSPS) is 12.4. The summed E-state index contributed by atoms with van der Waals surface area (Å²) in [5.74, 6) is -2.42. The molecule has 0 radical (unpaired) electrons. The minimum Gasteiger partial charge on any atom is -0.462 e. The van der Waals surface area contributed by atoms with Crippen molar-refractivity contribution in [3.8, 4) is 0 Å². The zero-order chi connectivity index (χ0) is 18.4. The maximum Gasteiger partial charge on any atom is 0.341 e. The van der Waals surface area contributed by atoms with Gasteiger partial charge in [0.1, 0.15) is 42.0 Å². The molecule has 0 N–H and O–H groups in total.